The fraction of sp³-hybridized carbons (Fsp3) is 0.765. The first-order chi connectivity index (χ1) is 10.3. The normalized spacial score (nSPS) is 32.0. The molecule has 5 nitrogen and oxygen atoms in total. The first kappa shape index (κ1) is 17.0. The molecule has 3 amide bonds. The summed E-state index contributed by atoms with van der Waals surface area (Å²) in [6, 6.07) is -0.245. The average Bonchev–Trinajstić information content (AvgIpc) is 2.69. The van der Waals surface area contributed by atoms with Gasteiger partial charge in [0.2, 0.25) is 0 Å². The van der Waals surface area contributed by atoms with E-state index >= 15 is 0 Å². The molecule has 2 rings (SSSR count). The quantitative estimate of drug-likeness (QED) is 0.627. The lowest BCUT2D eigenvalue weighted by atomic mass is 9.67. The molecule has 0 radical (unpaired) electrons. The van der Waals surface area contributed by atoms with Crippen LogP contribution >= 0.6 is 0 Å². The number of nitrogens with zero attached hydrogens (tertiary/aromatic N) is 2. The third-order valence-corrected chi connectivity index (χ3v) is 5.27. The van der Waals surface area contributed by atoms with Crippen LogP contribution in [0.15, 0.2) is 12.2 Å². The summed E-state index contributed by atoms with van der Waals surface area (Å²) in [5, 5.41) is 3.04. The summed E-state index contributed by atoms with van der Waals surface area (Å²) in [7, 11) is 0. The molecule has 1 spiro atoms. The van der Waals surface area contributed by atoms with E-state index in [4.69, 9.17) is 0 Å². The van der Waals surface area contributed by atoms with Crippen LogP contribution in [0.1, 0.15) is 47.0 Å². The van der Waals surface area contributed by atoms with Gasteiger partial charge in [-0.3, -0.25) is 9.69 Å². The van der Waals surface area contributed by atoms with Crippen molar-refractivity contribution in [2.75, 3.05) is 19.8 Å². The number of amides is 3. The summed E-state index contributed by atoms with van der Waals surface area (Å²) in [6.07, 6.45) is 3.12. The van der Waals surface area contributed by atoms with Crippen LogP contribution in [0.5, 0.6) is 0 Å². The van der Waals surface area contributed by atoms with Gasteiger partial charge in [0, 0.05) is 6.54 Å². The van der Waals surface area contributed by atoms with E-state index in [9.17, 15) is 9.59 Å². The number of carbonyl (C=O) groups is 2. The Morgan fingerprint density at radius 1 is 1.36 bits per heavy atom. The third kappa shape index (κ3) is 2.78. The maximum atomic E-state index is 13.0. The molecule has 1 heterocycles. The molecule has 1 aliphatic carbocycles. The van der Waals surface area contributed by atoms with Gasteiger partial charge < -0.3 is 5.32 Å². The van der Waals surface area contributed by atoms with Crippen LogP contribution in [-0.2, 0) is 4.79 Å². The van der Waals surface area contributed by atoms with Crippen molar-refractivity contribution in [1.82, 2.24) is 15.1 Å². The maximum absolute atomic E-state index is 13.0. The molecule has 1 saturated heterocycles. The fourth-order valence-corrected chi connectivity index (χ4v) is 3.92. The highest BCUT2D eigenvalue weighted by Crippen LogP contribution is 2.42. The standard InChI is InChI=1S/C17H29N3O2/c1-6-19(10-12(2)3)11-20-15(21)17(18-16(20)22)13(4)8-7-9-14(17)5/h13-14H,2,6-11H2,1,3-5H3,(H,18,22). The van der Waals surface area contributed by atoms with Crippen molar-refractivity contribution < 1.29 is 9.59 Å². The van der Waals surface area contributed by atoms with Gasteiger partial charge in [-0.25, -0.2) is 9.69 Å². The summed E-state index contributed by atoms with van der Waals surface area (Å²) >= 11 is 0. The molecule has 2 atom stereocenters. The topological polar surface area (TPSA) is 52.6 Å². The predicted molar refractivity (Wildman–Crippen MR) is 87.2 cm³/mol. The summed E-state index contributed by atoms with van der Waals surface area (Å²) < 4.78 is 0. The Balaban J connectivity index is 2.19. The lowest BCUT2D eigenvalue weighted by Gasteiger charge is -2.42. The van der Waals surface area contributed by atoms with Gasteiger partial charge in [-0.15, -0.1) is 0 Å². The van der Waals surface area contributed by atoms with Crippen molar-refractivity contribution in [2.24, 2.45) is 11.8 Å². The van der Waals surface area contributed by atoms with Gasteiger partial charge in [0.1, 0.15) is 5.54 Å². The first-order valence-electron chi connectivity index (χ1n) is 8.33. The van der Waals surface area contributed by atoms with Crippen LogP contribution in [0.3, 0.4) is 0 Å². The fourth-order valence-electron chi connectivity index (χ4n) is 3.92. The van der Waals surface area contributed by atoms with Crippen molar-refractivity contribution >= 4 is 11.9 Å². The molecule has 5 heteroatoms. The molecule has 0 bridgehead atoms. The van der Waals surface area contributed by atoms with E-state index in [1.54, 1.807) is 0 Å². The number of rotatable bonds is 5. The minimum Gasteiger partial charge on any atom is -0.323 e. The molecular weight excluding hydrogens is 278 g/mol. The first-order valence-corrected chi connectivity index (χ1v) is 8.33. The zero-order valence-electron chi connectivity index (χ0n) is 14.3. The number of imide groups is 1. The Morgan fingerprint density at radius 2 is 1.95 bits per heavy atom. The summed E-state index contributed by atoms with van der Waals surface area (Å²) in [6.45, 7) is 13.9. The molecule has 1 aliphatic heterocycles. The second kappa shape index (κ2) is 6.41. The lowest BCUT2D eigenvalue weighted by molar-refractivity contribution is -0.137. The number of nitrogens with one attached hydrogen (secondary N) is 1. The number of hydrogen-bond acceptors (Lipinski definition) is 3. The zero-order valence-corrected chi connectivity index (χ0v) is 14.3. The van der Waals surface area contributed by atoms with Crippen LogP contribution in [0.25, 0.3) is 0 Å². The Bertz CT molecular complexity index is 465. The van der Waals surface area contributed by atoms with Gasteiger partial charge >= 0.3 is 6.03 Å². The highest BCUT2D eigenvalue weighted by molar-refractivity contribution is 6.07. The van der Waals surface area contributed by atoms with E-state index in [0.29, 0.717) is 13.2 Å². The van der Waals surface area contributed by atoms with Gasteiger partial charge in [-0.05, 0) is 38.1 Å². The van der Waals surface area contributed by atoms with Crippen LogP contribution < -0.4 is 5.32 Å². The van der Waals surface area contributed by atoms with Crippen molar-refractivity contribution in [3.63, 3.8) is 0 Å². The molecular formula is C17H29N3O2. The summed E-state index contributed by atoms with van der Waals surface area (Å²) in [5.74, 6) is 0.334. The molecule has 1 N–H and O–H groups in total. The molecule has 0 aromatic carbocycles. The smallest absolute Gasteiger partial charge is 0.323 e. The lowest BCUT2D eigenvalue weighted by Crippen LogP contribution is -2.59. The highest BCUT2D eigenvalue weighted by Gasteiger charge is 2.58. The second-order valence-electron chi connectivity index (χ2n) is 7.01. The minimum absolute atomic E-state index is 0.0441. The van der Waals surface area contributed by atoms with Crippen LogP contribution in [-0.4, -0.2) is 47.0 Å². The van der Waals surface area contributed by atoms with E-state index in [1.165, 1.54) is 4.90 Å². The maximum Gasteiger partial charge on any atom is 0.326 e. The van der Waals surface area contributed by atoms with Crippen molar-refractivity contribution in [3.05, 3.63) is 12.2 Å². The second-order valence-corrected chi connectivity index (χ2v) is 7.01. The van der Waals surface area contributed by atoms with E-state index in [-0.39, 0.29) is 23.8 Å². The summed E-state index contributed by atoms with van der Waals surface area (Å²) in [4.78, 5) is 28.9. The highest BCUT2D eigenvalue weighted by atomic mass is 16.2. The summed E-state index contributed by atoms with van der Waals surface area (Å²) in [5.41, 5.74) is 0.334. The largest absolute Gasteiger partial charge is 0.326 e. The Hall–Kier alpha value is -1.36. The molecule has 2 aliphatic rings. The molecule has 124 valence electrons. The molecule has 0 aromatic heterocycles. The van der Waals surface area contributed by atoms with E-state index < -0.39 is 5.54 Å². The number of urea groups is 1. The van der Waals surface area contributed by atoms with E-state index in [0.717, 1.165) is 31.4 Å². The Kier molecular flexibility index (Phi) is 4.95. The third-order valence-electron chi connectivity index (χ3n) is 5.27. The molecule has 1 saturated carbocycles. The SMILES string of the molecule is C=C(C)CN(CC)CN1C(=O)NC2(C1=O)C(C)CCCC2C. The molecule has 2 unspecified atom stereocenters. The monoisotopic (exact) mass is 307 g/mol. The average molecular weight is 307 g/mol. The Labute approximate surface area is 133 Å². The van der Waals surface area contributed by atoms with Gasteiger partial charge in [-0.2, -0.15) is 0 Å². The van der Waals surface area contributed by atoms with Gasteiger partial charge in [0.05, 0.1) is 6.67 Å². The van der Waals surface area contributed by atoms with Crippen LogP contribution in [0.2, 0.25) is 0 Å². The predicted octanol–water partition coefficient (Wildman–Crippen LogP) is 2.59. The van der Waals surface area contributed by atoms with Crippen molar-refractivity contribution in [1.29, 1.82) is 0 Å². The van der Waals surface area contributed by atoms with Crippen LogP contribution in [0.4, 0.5) is 4.79 Å². The van der Waals surface area contributed by atoms with E-state index in [2.05, 4.69) is 30.6 Å². The number of hydrogen-bond donors (Lipinski definition) is 1. The zero-order chi connectivity index (χ0) is 16.5. The van der Waals surface area contributed by atoms with Gasteiger partial charge in [0.25, 0.3) is 5.91 Å². The minimum atomic E-state index is -0.696. The number of carbonyl (C=O) groups excluding carboxylic acids is 2. The van der Waals surface area contributed by atoms with E-state index in [1.807, 2.05) is 13.8 Å². The van der Waals surface area contributed by atoms with Gasteiger partial charge in [0.15, 0.2) is 0 Å². The van der Waals surface area contributed by atoms with Crippen LogP contribution in [0, 0.1) is 11.8 Å². The molecule has 22 heavy (non-hydrogen) atoms. The van der Waals surface area contributed by atoms with Crippen molar-refractivity contribution in [2.45, 2.75) is 52.5 Å². The number of likely N-dealkylation sites (N-methyl/N-ethyl adjacent to an activating group) is 1. The van der Waals surface area contributed by atoms with Crippen molar-refractivity contribution in [3.8, 4) is 0 Å². The van der Waals surface area contributed by atoms with Gasteiger partial charge in [-0.1, -0.05) is 39.3 Å². The molecule has 2 fully saturated rings. The molecule has 0 aromatic rings. The Morgan fingerprint density at radius 3 is 2.45 bits per heavy atom.